The molecule has 0 saturated heterocycles. The Bertz CT molecular complexity index is 450. The maximum atomic E-state index is 11.3. The fourth-order valence-electron chi connectivity index (χ4n) is 1.04. The Morgan fingerprint density at radius 1 is 1.60 bits per heavy atom. The van der Waals surface area contributed by atoms with Gasteiger partial charge in [0.1, 0.15) is 6.29 Å². The summed E-state index contributed by atoms with van der Waals surface area (Å²) in [5.41, 5.74) is 8.78. The summed E-state index contributed by atoms with van der Waals surface area (Å²) in [6, 6.07) is 4.14. The minimum atomic E-state index is -0.652. The van der Waals surface area contributed by atoms with Gasteiger partial charge < -0.3 is 4.74 Å². The Morgan fingerprint density at radius 3 is 2.87 bits per heavy atom. The second kappa shape index (κ2) is 4.78. The van der Waals surface area contributed by atoms with Crippen molar-refractivity contribution in [2.45, 2.75) is 0 Å². The van der Waals surface area contributed by atoms with Crippen molar-refractivity contribution in [1.29, 1.82) is 0 Å². The lowest BCUT2D eigenvalue weighted by Gasteiger charge is -2.03. The number of aldehydes is 1. The Kier molecular flexibility index (Phi) is 3.43. The van der Waals surface area contributed by atoms with Gasteiger partial charge >= 0.3 is 5.97 Å². The Labute approximate surface area is 85.1 Å². The first-order valence-electron chi connectivity index (χ1n) is 3.95. The first kappa shape index (κ1) is 10.7. The van der Waals surface area contributed by atoms with Gasteiger partial charge in [0.25, 0.3) is 0 Å². The smallest absolute Gasteiger partial charge is 0.338 e. The number of carbonyl (C=O) groups excluding carboxylic acids is 2. The molecule has 1 aromatic carbocycles. The van der Waals surface area contributed by atoms with Crippen LogP contribution < -0.4 is 0 Å². The standard InChI is InChI=1S/C9H7N3O3/c1-15-9(14)7-4-6(5-13)2-3-8(7)11-12-10/h2-5H,1H3. The molecule has 0 unspecified atom stereocenters. The summed E-state index contributed by atoms with van der Waals surface area (Å²) in [6.07, 6.45) is 0.590. The van der Waals surface area contributed by atoms with E-state index in [0.29, 0.717) is 11.8 Å². The summed E-state index contributed by atoms with van der Waals surface area (Å²) in [6.45, 7) is 0. The average Bonchev–Trinajstić information content (AvgIpc) is 2.29. The van der Waals surface area contributed by atoms with E-state index >= 15 is 0 Å². The van der Waals surface area contributed by atoms with Crippen molar-refractivity contribution >= 4 is 17.9 Å². The van der Waals surface area contributed by atoms with E-state index in [1.165, 1.54) is 25.3 Å². The molecule has 0 aliphatic rings. The summed E-state index contributed by atoms with van der Waals surface area (Å²) < 4.78 is 4.48. The van der Waals surface area contributed by atoms with E-state index in [-0.39, 0.29) is 11.3 Å². The average molecular weight is 205 g/mol. The van der Waals surface area contributed by atoms with Crippen LogP contribution in [0.1, 0.15) is 20.7 Å². The van der Waals surface area contributed by atoms with E-state index in [1.807, 2.05) is 0 Å². The molecule has 6 nitrogen and oxygen atoms in total. The summed E-state index contributed by atoms with van der Waals surface area (Å²) >= 11 is 0. The Hall–Kier alpha value is -2.33. The van der Waals surface area contributed by atoms with Crippen LogP contribution in [0.3, 0.4) is 0 Å². The van der Waals surface area contributed by atoms with E-state index in [9.17, 15) is 9.59 Å². The highest BCUT2D eigenvalue weighted by molar-refractivity contribution is 5.96. The van der Waals surface area contributed by atoms with Crippen LogP contribution in [-0.4, -0.2) is 19.4 Å². The van der Waals surface area contributed by atoms with Crippen molar-refractivity contribution in [2.24, 2.45) is 5.11 Å². The van der Waals surface area contributed by atoms with Crippen molar-refractivity contribution in [3.8, 4) is 0 Å². The van der Waals surface area contributed by atoms with Crippen LogP contribution in [0.5, 0.6) is 0 Å². The third kappa shape index (κ3) is 2.32. The van der Waals surface area contributed by atoms with E-state index in [4.69, 9.17) is 5.53 Å². The van der Waals surface area contributed by atoms with Gasteiger partial charge in [-0.15, -0.1) is 0 Å². The van der Waals surface area contributed by atoms with Crippen molar-refractivity contribution in [3.63, 3.8) is 0 Å². The quantitative estimate of drug-likeness (QED) is 0.249. The van der Waals surface area contributed by atoms with E-state index < -0.39 is 5.97 Å². The SMILES string of the molecule is COC(=O)c1cc(C=O)ccc1N=[N+]=[N-]. The van der Waals surface area contributed by atoms with E-state index in [0.717, 1.165) is 0 Å². The van der Waals surface area contributed by atoms with Gasteiger partial charge in [0.15, 0.2) is 0 Å². The molecular weight excluding hydrogens is 198 g/mol. The summed E-state index contributed by atoms with van der Waals surface area (Å²) in [7, 11) is 1.20. The van der Waals surface area contributed by atoms with Crippen LogP contribution in [0.4, 0.5) is 5.69 Å². The first-order chi connectivity index (χ1) is 7.22. The Morgan fingerprint density at radius 2 is 2.33 bits per heavy atom. The zero-order valence-corrected chi connectivity index (χ0v) is 7.88. The van der Waals surface area contributed by atoms with Gasteiger partial charge in [0, 0.05) is 10.5 Å². The van der Waals surface area contributed by atoms with Gasteiger partial charge in [-0.3, -0.25) is 4.79 Å². The van der Waals surface area contributed by atoms with Crippen molar-refractivity contribution in [2.75, 3.05) is 7.11 Å². The number of esters is 1. The number of carbonyl (C=O) groups is 2. The maximum absolute atomic E-state index is 11.3. The van der Waals surface area contributed by atoms with Gasteiger partial charge in [-0.25, -0.2) is 4.79 Å². The van der Waals surface area contributed by atoms with Crippen molar-refractivity contribution < 1.29 is 14.3 Å². The number of rotatable bonds is 3. The molecule has 0 aliphatic carbocycles. The molecule has 15 heavy (non-hydrogen) atoms. The van der Waals surface area contributed by atoms with Crippen LogP contribution in [0, 0.1) is 0 Å². The highest BCUT2D eigenvalue weighted by Crippen LogP contribution is 2.21. The molecule has 0 atom stereocenters. The highest BCUT2D eigenvalue weighted by atomic mass is 16.5. The molecule has 0 fully saturated rings. The fraction of sp³-hybridized carbons (Fsp3) is 0.111. The topological polar surface area (TPSA) is 92.1 Å². The summed E-state index contributed by atoms with van der Waals surface area (Å²) in [5.74, 6) is -0.652. The molecule has 0 aromatic heterocycles. The predicted molar refractivity (Wildman–Crippen MR) is 52.0 cm³/mol. The number of hydrogen-bond acceptors (Lipinski definition) is 4. The number of ether oxygens (including phenoxy) is 1. The molecule has 0 radical (unpaired) electrons. The van der Waals surface area contributed by atoms with Crippen molar-refractivity contribution in [3.05, 3.63) is 39.8 Å². The van der Waals surface area contributed by atoms with Gasteiger partial charge in [-0.05, 0) is 11.6 Å². The minimum Gasteiger partial charge on any atom is -0.465 e. The second-order valence-electron chi connectivity index (χ2n) is 2.58. The largest absolute Gasteiger partial charge is 0.465 e. The van der Waals surface area contributed by atoms with E-state index in [1.54, 1.807) is 0 Å². The molecule has 0 spiro atoms. The number of azide groups is 1. The van der Waals surface area contributed by atoms with E-state index in [2.05, 4.69) is 14.8 Å². The number of hydrogen-bond donors (Lipinski definition) is 0. The van der Waals surface area contributed by atoms with Gasteiger partial charge in [0.05, 0.1) is 18.4 Å². The van der Waals surface area contributed by atoms with Crippen LogP contribution in [-0.2, 0) is 4.74 Å². The molecule has 1 rings (SSSR count). The third-order valence-corrected chi connectivity index (χ3v) is 1.71. The summed E-state index contributed by atoms with van der Waals surface area (Å²) in [4.78, 5) is 24.3. The van der Waals surface area contributed by atoms with Gasteiger partial charge in [0.2, 0.25) is 0 Å². The second-order valence-corrected chi connectivity index (χ2v) is 2.58. The molecule has 0 saturated carbocycles. The fourth-order valence-corrected chi connectivity index (χ4v) is 1.04. The molecule has 76 valence electrons. The van der Waals surface area contributed by atoms with Crippen molar-refractivity contribution in [1.82, 2.24) is 0 Å². The number of nitrogens with zero attached hydrogens (tertiary/aromatic N) is 3. The number of methoxy groups -OCH3 is 1. The zero-order valence-electron chi connectivity index (χ0n) is 7.88. The zero-order chi connectivity index (χ0) is 11.3. The monoisotopic (exact) mass is 205 g/mol. The van der Waals surface area contributed by atoms with Crippen LogP contribution in [0.25, 0.3) is 10.4 Å². The lowest BCUT2D eigenvalue weighted by Crippen LogP contribution is -2.02. The molecule has 0 N–H and O–H groups in total. The summed E-state index contributed by atoms with van der Waals surface area (Å²) in [5, 5.41) is 3.31. The molecule has 1 aromatic rings. The minimum absolute atomic E-state index is 0.0694. The van der Waals surface area contributed by atoms with Gasteiger partial charge in [-0.2, -0.15) is 0 Å². The maximum Gasteiger partial charge on any atom is 0.338 e. The van der Waals surface area contributed by atoms with Crippen LogP contribution in [0.15, 0.2) is 23.3 Å². The highest BCUT2D eigenvalue weighted by Gasteiger charge is 2.11. The predicted octanol–water partition coefficient (Wildman–Crippen LogP) is 2.23. The first-order valence-corrected chi connectivity index (χ1v) is 3.95. The normalized spacial score (nSPS) is 8.87. The third-order valence-electron chi connectivity index (χ3n) is 1.71. The lowest BCUT2D eigenvalue weighted by atomic mass is 10.1. The molecule has 0 heterocycles. The van der Waals surface area contributed by atoms with Crippen LogP contribution in [0.2, 0.25) is 0 Å². The molecule has 0 aliphatic heterocycles. The number of benzene rings is 1. The lowest BCUT2D eigenvalue weighted by molar-refractivity contribution is 0.0601. The molecule has 0 amide bonds. The molecule has 6 heteroatoms. The Balaban J connectivity index is 3.33. The molecular formula is C9H7N3O3. The van der Waals surface area contributed by atoms with Crippen LogP contribution >= 0.6 is 0 Å². The van der Waals surface area contributed by atoms with Gasteiger partial charge in [-0.1, -0.05) is 17.2 Å². The molecule has 0 bridgehead atoms.